The monoisotopic (exact) mass is 424 g/mol. The van der Waals surface area contributed by atoms with Crippen molar-refractivity contribution in [2.75, 3.05) is 23.3 Å². The lowest BCUT2D eigenvalue weighted by Gasteiger charge is -2.19. The molecule has 7 heteroatoms. The van der Waals surface area contributed by atoms with E-state index in [4.69, 9.17) is 4.74 Å². The number of hydrogen-bond donors (Lipinski definition) is 1. The number of rotatable bonds is 8. The molecular weight excluding hydrogens is 400 g/mol. The number of nitrogens with one attached hydrogen (secondary N) is 1. The fourth-order valence-electron chi connectivity index (χ4n) is 2.93. The summed E-state index contributed by atoms with van der Waals surface area (Å²) >= 11 is 0. The summed E-state index contributed by atoms with van der Waals surface area (Å²) in [6.07, 6.45) is 0.174. The first-order valence-electron chi connectivity index (χ1n) is 9.56. The van der Waals surface area contributed by atoms with Gasteiger partial charge >= 0.3 is 0 Å². The molecule has 0 aromatic heterocycles. The van der Waals surface area contributed by atoms with Crippen molar-refractivity contribution in [1.29, 1.82) is 0 Å². The van der Waals surface area contributed by atoms with Gasteiger partial charge in [0, 0.05) is 12.7 Å². The Labute approximate surface area is 177 Å². The van der Waals surface area contributed by atoms with E-state index in [0.29, 0.717) is 18.0 Å². The normalized spacial score (nSPS) is 11.0. The van der Waals surface area contributed by atoms with Crippen LogP contribution in [0.15, 0.2) is 83.8 Å². The van der Waals surface area contributed by atoms with Crippen LogP contribution in [0.3, 0.4) is 0 Å². The van der Waals surface area contributed by atoms with Crippen molar-refractivity contribution < 1.29 is 17.9 Å². The summed E-state index contributed by atoms with van der Waals surface area (Å²) in [5.74, 6) is 0.521. The average molecular weight is 425 g/mol. The lowest BCUT2D eigenvalue weighted by molar-refractivity contribution is -0.115. The van der Waals surface area contributed by atoms with Crippen LogP contribution in [-0.4, -0.2) is 28.0 Å². The molecule has 0 unspecified atom stereocenters. The highest BCUT2D eigenvalue weighted by atomic mass is 32.2. The fourth-order valence-corrected chi connectivity index (χ4v) is 4.17. The zero-order chi connectivity index (χ0) is 21.6. The molecule has 0 spiro atoms. The van der Waals surface area contributed by atoms with E-state index in [1.54, 1.807) is 36.4 Å². The molecule has 0 aliphatic heterocycles. The summed E-state index contributed by atoms with van der Waals surface area (Å²) in [7, 11) is -2.25. The topological polar surface area (TPSA) is 75.7 Å². The molecule has 3 aromatic carbocycles. The van der Waals surface area contributed by atoms with Crippen molar-refractivity contribution in [2.45, 2.75) is 18.2 Å². The van der Waals surface area contributed by atoms with E-state index in [9.17, 15) is 13.2 Å². The maximum atomic E-state index is 12.9. The van der Waals surface area contributed by atoms with Gasteiger partial charge in [0.15, 0.2) is 0 Å². The first kappa shape index (κ1) is 21.4. The van der Waals surface area contributed by atoms with E-state index in [1.807, 2.05) is 37.3 Å². The van der Waals surface area contributed by atoms with Gasteiger partial charge in [0.2, 0.25) is 5.91 Å². The van der Waals surface area contributed by atoms with Gasteiger partial charge in [-0.1, -0.05) is 36.4 Å². The van der Waals surface area contributed by atoms with Crippen molar-refractivity contribution in [2.24, 2.45) is 0 Å². The maximum absolute atomic E-state index is 12.9. The number of ether oxygens (including phenoxy) is 1. The zero-order valence-electron chi connectivity index (χ0n) is 16.9. The molecule has 30 heavy (non-hydrogen) atoms. The second kappa shape index (κ2) is 9.45. The van der Waals surface area contributed by atoms with E-state index >= 15 is 0 Å². The van der Waals surface area contributed by atoms with Gasteiger partial charge in [-0.25, -0.2) is 8.42 Å². The lowest BCUT2D eigenvalue weighted by Crippen LogP contribution is -2.26. The van der Waals surface area contributed by atoms with Crippen LogP contribution in [0.1, 0.15) is 12.5 Å². The number of hydrogen-bond acceptors (Lipinski definition) is 4. The molecule has 6 nitrogen and oxygen atoms in total. The number of nitrogens with zero attached hydrogens (tertiary/aromatic N) is 1. The van der Waals surface area contributed by atoms with Crippen LogP contribution >= 0.6 is 0 Å². The molecule has 3 rings (SSSR count). The molecule has 0 atom stereocenters. The lowest BCUT2D eigenvalue weighted by atomic mass is 10.1. The van der Waals surface area contributed by atoms with E-state index in [-0.39, 0.29) is 17.2 Å². The number of para-hydroxylation sites is 1. The standard InChI is InChI=1S/C23H24N2O4S/c1-3-29-21-14-12-18(13-15-21)16-23(26)24-19-8-7-11-22(17-19)30(27,28)25(2)20-9-5-4-6-10-20/h4-15,17H,3,16H2,1-2H3,(H,24,26). The number of carbonyl (C=O) groups excluding carboxylic acids is 1. The fraction of sp³-hybridized carbons (Fsp3) is 0.174. The van der Waals surface area contributed by atoms with E-state index in [2.05, 4.69) is 5.32 Å². The first-order chi connectivity index (χ1) is 14.4. The summed E-state index contributed by atoms with van der Waals surface area (Å²) < 4.78 is 32.5. The highest BCUT2D eigenvalue weighted by Gasteiger charge is 2.21. The Kier molecular flexibility index (Phi) is 6.74. The molecule has 1 amide bonds. The summed E-state index contributed by atoms with van der Waals surface area (Å²) in [6.45, 7) is 2.49. The maximum Gasteiger partial charge on any atom is 0.264 e. The van der Waals surface area contributed by atoms with E-state index in [1.165, 1.54) is 23.5 Å². The minimum atomic E-state index is -3.75. The van der Waals surface area contributed by atoms with Gasteiger partial charge in [0.25, 0.3) is 10.0 Å². The minimum Gasteiger partial charge on any atom is -0.494 e. The Hall–Kier alpha value is -3.32. The zero-order valence-corrected chi connectivity index (χ0v) is 17.7. The summed E-state index contributed by atoms with van der Waals surface area (Å²) in [5.41, 5.74) is 1.82. The van der Waals surface area contributed by atoms with Crippen LogP contribution in [0.2, 0.25) is 0 Å². The van der Waals surface area contributed by atoms with Gasteiger partial charge in [-0.2, -0.15) is 0 Å². The molecule has 0 saturated heterocycles. The number of carbonyl (C=O) groups is 1. The largest absolute Gasteiger partial charge is 0.494 e. The predicted molar refractivity (Wildman–Crippen MR) is 118 cm³/mol. The Balaban J connectivity index is 1.71. The third-order valence-electron chi connectivity index (χ3n) is 4.50. The Morgan fingerprint density at radius 2 is 1.67 bits per heavy atom. The van der Waals surface area contributed by atoms with E-state index < -0.39 is 10.0 Å². The van der Waals surface area contributed by atoms with Crippen molar-refractivity contribution in [1.82, 2.24) is 0 Å². The third-order valence-corrected chi connectivity index (χ3v) is 6.28. The second-order valence-corrected chi connectivity index (χ2v) is 8.61. The van der Waals surface area contributed by atoms with Crippen molar-refractivity contribution in [3.63, 3.8) is 0 Å². The number of benzene rings is 3. The molecule has 1 N–H and O–H groups in total. The smallest absolute Gasteiger partial charge is 0.264 e. The molecule has 0 saturated carbocycles. The van der Waals surface area contributed by atoms with Crippen LogP contribution in [0.4, 0.5) is 11.4 Å². The highest BCUT2D eigenvalue weighted by molar-refractivity contribution is 7.92. The first-order valence-corrected chi connectivity index (χ1v) is 11.0. The van der Waals surface area contributed by atoms with Gasteiger partial charge in [-0.05, 0) is 55.0 Å². The summed E-state index contributed by atoms with van der Waals surface area (Å²) in [5, 5.41) is 2.77. The van der Waals surface area contributed by atoms with Crippen molar-refractivity contribution >= 4 is 27.3 Å². The second-order valence-electron chi connectivity index (χ2n) is 6.64. The SMILES string of the molecule is CCOc1ccc(CC(=O)Nc2cccc(S(=O)(=O)N(C)c3ccccc3)c2)cc1. The minimum absolute atomic E-state index is 0.104. The van der Waals surface area contributed by atoms with Gasteiger partial charge < -0.3 is 10.1 Å². The molecule has 0 fully saturated rings. The quantitative estimate of drug-likeness (QED) is 0.591. The number of sulfonamides is 1. The molecular formula is C23H24N2O4S. The Morgan fingerprint density at radius 1 is 0.967 bits per heavy atom. The van der Waals surface area contributed by atoms with Crippen LogP contribution in [0.5, 0.6) is 5.75 Å². The van der Waals surface area contributed by atoms with Crippen molar-refractivity contribution in [3.8, 4) is 5.75 Å². The predicted octanol–water partition coefficient (Wildman–Crippen LogP) is 4.09. The molecule has 0 radical (unpaired) electrons. The third kappa shape index (κ3) is 5.18. The van der Waals surface area contributed by atoms with Gasteiger partial charge in [-0.15, -0.1) is 0 Å². The van der Waals surface area contributed by atoms with Crippen LogP contribution < -0.4 is 14.4 Å². The Morgan fingerprint density at radius 3 is 2.33 bits per heavy atom. The summed E-state index contributed by atoms with van der Waals surface area (Å²) in [4.78, 5) is 12.5. The van der Waals surface area contributed by atoms with E-state index in [0.717, 1.165) is 11.3 Å². The van der Waals surface area contributed by atoms with Gasteiger partial charge in [0.05, 0.1) is 23.6 Å². The van der Waals surface area contributed by atoms with Crippen LogP contribution in [0, 0.1) is 0 Å². The molecule has 3 aromatic rings. The van der Waals surface area contributed by atoms with Gasteiger partial charge in [0.1, 0.15) is 5.75 Å². The van der Waals surface area contributed by atoms with Crippen molar-refractivity contribution in [3.05, 3.63) is 84.4 Å². The highest BCUT2D eigenvalue weighted by Crippen LogP contribution is 2.24. The molecule has 0 aliphatic carbocycles. The van der Waals surface area contributed by atoms with Crippen LogP contribution in [0.25, 0.3) is 0 Å². The summed E-state index contributed by atoms with van der Waals surface area (Å²) in [6, 6.07) is 22.4. The Bertz CT molecular complexity index is 1100. The molecule has 156 valence electrons. The average Bonchev–Trinajstić information content (AvgIpc) is 2.75. The molecule has 0 aliphatic rings. The molecule has 0 bridgehead atoms. The molecule has 0 heterocycles. The van der Waals surface area contributed by atoms with Gasteiger partial charge in [-0.3, -0.25) is 9.10 Å². The number of amides is 1. The van der Waals surface area contributed by atoms with Crippen LogP contribution in [-0.2, 0) is 21.2 Å². The number of anilines is 2.